The number of nitrogens with zero attached hydrogens (tertiary/aromatic N) is 4. The summed E-state index contributed by atoms with van der Waals surface area (Å²) in [4.78, 5) is 15.1. The normalized spacial score (nSPS) is 20.1. The molecule has 1 saturated heterocycles. The molecule has 5 nitrogen and oxygen atoms in total. The first-order valence-electron chi connectivity index (χ1n) is 5.80. The summed E-state index contributed by atoms with van der Waals surface area (Å²) in [6, 6.07) is 3.91. The Morgan fingerprint density at radius 1 is 1.29 bits per heavy atom. The number of pyridine rings is 1. The number of anilines is 1. The smallest absolute Gasteiger partial charge is 0.180 e. The first kappa shape index (κ1) is 10.4. The van der Waals surface area contributed by atoms with Crippen LogP contribution in [0.1, 0.15) is 6.42 Å². The van der Waals surface area contributed by atoms with Crippen molar-refractivity contribution in [3.05, 3.63) is 24.5 Å². The van der Waals surface area contributed by atoms with E-state index in [2.05, 4.69) is 19.9 Å². The number of aliphatic hydroxyl groups excluding tert-OH is 1. The summed E-state index contributed by atoms with van der Waals surface area (Å²) in [6.07, 6.45) is 4.34. The zero-order valence-corrected chi connectivity index (χ0v) is 9.45. The van der Waals surface area contributed by atoms with Crippen molar-refractivity contribution in [3.63, 3.8) is 0 Å². The van der Waals surface area contributed by atoms with Gasteiger partial charge in [0.15, 0.2) is 5.65 Å². The summed E-state index contributed by atoms with van der Waals surface area (Å²) < 4.78 is 0. The summed E-state index contributed by atoms with van der Waals surface area (Å²) in [7, 11) is 0. The second-order valence-electron chi connectivity index (χ2n) is 4.35. The molecule has 88 valence electrons. The maximum Gasteiger partial charge on any atom is 0.180 e. The minimum absolute atomic E-state index is 0.254. The Balaban J connectivity index is 1.91. The molecule has 0 saturated carbocycles. The van der Waals surface area contributed by atoms with Gasteiger partial charge in [-0.1, -0.05) is 0 Å². The standard InChI is InChI=1S/C12H14N4O/c17-8-9-3-6-16(7-9)11-2-1-10-12(15-11)14-5-4-13-10/h1-2,4-5,9,17H,3,6-8H2. The van der Waals surface area contributed by atoms with Crippen molar-refractivity contribution in [2.75, 3.05) is 24.6 Å². The highest BCUT2D eigenvalue weighted by atomic mass is 16.3. The molecule has 3 heterocycles. The molecule has 1 fully saturated rings. The van der Waals surface area contributed by atoms with E-state index in [9.17, 15) is 0 Å². The molecule has 0 aliphatic carbocycles. The molecule has 1 aliphatic heterocycles. The number of fused-ring (bicyclic) bond motifs is 1. The average molecular weight is 230 g/mol. The van der Waals surface area contributed by atoms with Gasteiger partial charge in [0.05, 0.1) is 0 Å². The maximum absolute atomic E-state index is 9.13. The van der Waals surface area contributed by atoms with Gasteiger partial charge in [-0.25, -0.2) is 9.97 Å². The van der Waals surface area contributed by atoms with Crippen molar-refractivity contribution < 1.29 is 5.11 Å². The van der Waals surface area contributed by atoms with Gasteiger partial charge in [-0.15, -0.1) is 0 Å². The molecule has 1 unspecified atom stereocenters. The van der Waals surface area contributed by atoms with Crippen molar-refractivity contribution in [1.29, 1.82) is 0 Å². The predicted molar refractivity (Wildman–Crippen MR) is 64.7 cm³/mol. The average Bonchev–Trinajstić information content (AvgIpc) is 2.87. The molecule has 1 atom stereocenters. The third-order valence-electron chi connectivity index (χ3n) is 3.18. The Kier molecular flexibility index (Phi) is 2.60. The topological polar surface area (TPSA) is 62.1 Å². The lowest BCUT2D eigenvalue weighted by Gasteiger charge is -2.17. The van der Waals surface area contributed by atoms with Gasteiger partial charge in [-0.2, -0.15) is 0 Å². The molecule has 0 aromatic carbocycles. The summed E-state index contributed by atoms with van der Waals surface area (Å²) >= 11 is 0. The van der Waals surface area contributed by atoms with Gasteiger partial charge in [0.1, 0.15) is 11.3 Å². The lowest BCUT2D eigenvalue weighted by molar-refractivity contribution is 0.238. The molecule has 5 heteroatoms. The lowest BCUT2D eigenvalue weighted by Crippen LogP contribution is -2.21. The van der Waals surface area contributed by atoms with Gasteiger partial charge in [-0.05, 0) is 18.6 Å². The van der Waals surface area contributed by atoms with Crippen LogP contribution < -0.4 is 4.90 Å². The van der Waals surface area contributed by atoms with E-state index in [0.29, 0.717) is 11.6 Å². The second kappa shape index (κ2) is 4.25. The van der Waals surface area contributed by atoms with E-state index in [1.165, 1.54) is 0 Å². The molecule has 1 aliphatic rings. The number of hydrogen-bond acceptors (Lipinski definition) is 5. The zero-order valence-electron chi connectivity index (χ0n) is 9.45. The quantitative estimate of drug-likeness (QED) is 0.828. The van der Waals surface area contributed by atoms with Crippen LogP contribution in [-0.2, 0) is 0 Å². The van der Waals surface area contributed by atoms with E-state index in [4.69, 9.17) is 5.11 Å². The van der Waals surface area contributed by atoms with Gasteiger partial charge in [0.2, 0.25) is 0 Å². The van der Waals surface area contributed by atoms with E-state index in [1.54, 1.807) is 12.4 Å². The zero-order chi connectivity index (χ0) is 11.7. The van der Waals surface area contributed by atoms with Gasteiger partial charge in [0.25, 0.3) is 0 Å². The first-order chi connectivity index (χ1) is 8.36. The van der Waals surface area contributed by atoms with Gasteiger partial charge in [-0.3, -0.25) is 4.98 Å². The predicted octanol–water partition coefficient (Wildman–Crippen LogP) is 0.843. The Morgan fingerprint density at radius 3 is 3.00 bits per heavy atom. The van der Waals surface area contributed by atoms with E-state index >= 15 is 0 Å². The van der Waals surface area contributed by atoms with Crippen LogP contribution in [-0.4, -0.2) is 39.8 Å². The van der Waals surface area contributed by atoms with E-state index in [1.807, 2.05) is 12.1 Å². The van der Waals surface area contributed by atoms with Crippen LogP contribution in [0, 0.1) is 5.92 Å². The van der Waals surface area contributed by atoms with Gasteiger partial charge < -0.3 is 10.0 Å². The molecular weight excluding hydrogens is 216 g/mol. The van der Waals surface area contributed by atoms with Gasteiger partial charge in [0, 0.05) is 38.0 Å². The summed E-state index contributed by atoms with van der Waals surface area (Å²) in [5.41, 5.74) is 1.49. The molecule has 0 bridgehead atoms. The minimum atomic E-state index is 0.254. The largest absolute Gasteiger partial charge is 0.396 e. The number of hydrogen-bond donors (Lipinski definition) is 1. The summed E-state index contributed by atoms with van der Waals surface area (Å²) in [6.45, 7) is 2.07. The van der Waals surface area contributed by atoms with Crippen LogP contribution in [0.2, 0.25) is 0 Å². The van der Waals surface area contributed by atoms with Crippen molar-refractivity contribution in [2.45, 2.75) is 6.42 Å². The Bertz CT molecular complexity index is 531. The van der Waals surface area contributed by atoms with Crippen LogP contribution >= 0.6 is 0 Å². The molecule has 1 N–H and O–H groups in total. The fourth-order valence-corrected chi connectivity index (χ4v) is 2.21. The molecule has 17 heavy (non-hydrogen) atoms. The SMILES string of the molecule is OCC1CCN(c2ccc3nccnc3n2)C1. The first-order valence-corrected chi connectivity index (χ1v) is 5.80. The Labute approximate surface area is 99.1 Å². The van der Waals surface area contributed by atoms with Crippen molar-refractivity contribution in [3.8, 4) is 0 Å². The number of aliphatic hydroxyl groups is 1. The number of aromatic nitrogens is 3. The van der Waals surface area contributed by atoms with Crippen LogP contribution in [0.3, 0.4) is 0 Å². The molecule has 3 rings (SSSR count). The van der Waals surface area contributed by atoms with E-state index in [-0.39, 0.29) is 6.61 Å². The summed E-state index contributed by atoms with van der Waals surface area (Å²) in [5.74, 6) is 1.29. The molecular formula is C12H14N4O. The lowest BCUT2D eigenvalue weighted by atomic mass is 10.1. The minimum Gasteiger partial charge on any atom is -0.396 e. The highest BCUT2D eigenvalue weighted by Gasteiger charge is 2.22. The van der Waals surface area contributed by atoms with Crippen molar-refractivity contribution >= 4 is 17.0 Å². The molecule has 0 spiro atoms. The van der Waals surface area contributed by atoms with E-state index in [0.717, 1.165) is 30.8 Å². The monoisotopic (exact) mass is 230 g/mol. The van der Waals surface area contributed by atoms with Crippen LogP contribution in [0.5, 0.6) is 0 Å². The number of rotatable bonds is 2. The van der Waals surface area contributed by atoms with Crippen molar-refractivity contribution in [1.82, 2.24) is 15.0 Å². The van der Waals surface area contributed by atoms with Crippen LogP contribution in [0.25, 0.3) is 11.2 Å². The molecule has 0 radical (unpaired) electrons. The van der Waals surface area contributed by atoms with E-state index < -0.39 is 0 Å². The Hall–Kier alpha value is -1.75. The Morgan fingerprint density at radius 2 is 2.18 bits per heavy atom. The molecule has 0 amide bonds. The third kappa shape index (κ3) is 1.93. The fraction of sp³-hybridized carbons (Fsp3) is 0.417. The molecule has 2 aromatic rings. The highest BCUT2D eigenvalue weighted by molar-refractivity contribution is 5.71. The van der Waals surface area contributed by atoms with Crippen molar-refractivity contribution in [2.24, 2.45) is 5.92 Å². The van der Waals surface area contributed by atoms with Crippen LogP contribution in [0.15, 0.2) is 24.5 Å². The highest BCUT2D eigenvalue weighted by Crippen LogP contribution is 2.22. The van der Waals surface area contributed by atoms with Crippen LogP contribution in [0.4, 0.5) is 5.82 Å². The second-order valence-corrected chi connectivity index (χ2v) is 4.35. The summed E-state index contributed by atoms with van der Waals surface area (Å²) in [5, 5.41) is 9.13. The maximum atomic E-state index is 9.13. The molecule has 2 aromatic heterocycles. The van der Waals surface area contributed by atoms with Gasteiger partial charge >= 0.3 is 0 Å². The fourth-order valence-electron chi connectivity index (χ4n) is 2.21. The third-order valence-corrected chi connectivity index (χ3v) is 3.18.